The van der Waals surface area contributed by atoms with Crippen LogP contribution in [-0.4, -0.2) is 27.1 Å². The molecule has 18 heavy (non-hydrogen) atoms. The number of rotatable bonds is 5. The lowest BCUT2D eigenvalue weighted by molar-refractivity contribution is -0.385. The van der Waals surface area contributed by atoms with Gasteiger partial charge in [0, 0.05) is 12.1 Å². The second-order valence-corrected chi connectivity index (χ2v) is 3.47. The number of carboxylic acids is 2. The Bertz CT molecular complexity index is 501. The molecule has 0 aromatic heterocycles. The van der Waals surface area contributed by atoms with Crippen LogP contribution in [0, 0.1) is 21.8 Å². The lowest BCUT2D eigenvalue weighted by Gasteiger charge is -2.08. The van der Waals surface area contributed by atoms with Crippen LogP contribution >= 0.6 is 0 Å². The van der Waals surface area contributed by atoms with Crippen LogP contribution in [0.25, 0.3) is 0 Å². The maximum atomic E-state index is 13.3. The fourth-order valence-electron chi connectivity index (χ4n) is 1.33. The van der Waals surface area contributed by atoms with Crippen molar-refractivity contribution in [3.63, 3.8) is 0 Å². The summed E-state index contributed by atoms with van der Waals surface area (Å²) < 4.78 is 13.3. The normalized spacial score (nSPS) is 10.3. The van der Waals surface area contributed by atoms with E-state index in [1.165, 1.54) is 0 Å². The van der Waals surface area contributed by atoms with Crippen LogP contribution < -0.4 is 0 Å². The third-order valence-corrected chi connectivity index (χ3v) is 2.26. The summed E-state index contributed by atoms with van der Waals surface area (Å²) >= 11 is 0. The van der Waals surface area contributed by atoms with Crippen LogP contribution in [0.2, 0.25) is 0 Å². The van der Waals surface area contributed by atoms with Gasteiger partial charge in [0.2, 0.25) is 0 Å². The van der Waals surface area contributed by atoms with Crippen molar-refractivity contribution >= 4 is 17.6 Å². The van der Waals surface area contributed by atoms with Crippen molar-refractivity contribution in [2.24, 2.45) is 5.92 Å². The lowest BCUT2D eigenvalue weighted by Crippen LogP contribution is -2.25. The van der Waals surface area contributed by atoms with Gasteiger partial charge in [-0.25, -0.2) is 4.39 Å². The lowest BCUT2D eigenvalue weighted by atomic mass is 9.99. The first-order valence-corrected chi connectivity index (χ1v) is 4.71. The Hall–Kier alpha value is -2.51. The molecule has 0 aliphatic carbocycles. The number of non-ortho nitro benzene ring substituents is 1. The van der Waals surface area contributed by atoms with E-state index in [0.717, 1.165) is 18.2 Å². The predicted molar refractivity (Wildman–Crippen MR) is 55.5 cm³/mol. The van der Waals surface area contributed by atoms with Crippen molar-refractivity contribution in [1.82, 2.24) is 0 Å². The molecule has 1 aromatic rings. The standard InChI is InChI=1S/C10H8FNO6/c11-8-2-1-6(12(17)18)3-5(8)4-7(9(13)14)10(15)16/h1-3,7H,4H2,(H,13,14)(H,15,16). The number of halogens is 1. The zero-order valence-electron chi connectivity index (χ0n) is 8.87. The predicted octanol–water partition coefficient (Wildman–Crippen LogP) is 1.06. The van der Waals surface area contributed by atoms with Gasteiger partial charge in [0.25, 0.3) is 5.69 Å². The van der Waals surface area contributed by atoms with Crippen molar-refractivity contribution in [2.45, 2.75) is 6.42 Å². The molecule has 0 bridgehead atoms. The maximum absolute atomic E-state index is 13.3. The molecule has 0 unspecified atom stereocenters. The van der Waals surface area contributed by atoms with Gasteiger partial charge in [-0.05, 0) is 18.1 Å². The van der Waals surface area contributed by atoms with Crippen LogP contribution in [0.5, 0.6) is 0 Å². The van der Waals surface area contributed by atoms with Crippen LogP contribution in [0.3, 0.4) is 0 Å². The van der Waals surface area contributed by atoms with E-state index in [-0.39, 0.29) is 5.56 Å². The van der Waals surface area contributed by atoms with Gasteiger partial charge in [0.1, 0.15) is 5.82 Å². The number of nitro benzene ring substituents is 1. The van der Waals surface area contributed by atoms with Gasteiger partial charge in [0.15, 0.2) is 5.92 Å². The van der Waals surface area contributed by atoms with E-state index in [2.05, 4.69) is 0 Å². The highest BCUT2D eigenvalue weighted by Gasteiger charge is 2.27. The van der Waals surface area contributed by atoms with Gasteiger partial charge in [0.05, 0.1) is 4.92 Å². The average Bonchev–Trinajstić information content (AvgIpc) is 2.26. The van der Waals surface area contributed by atoms with E-state index in [1.807, 2.05) is 0 Å². The highest BCUT2D eigenvalue weighted by Crippen LogP contribution is 2.20. The molecule has 0 heterocycles. The maximum Gasteiger partial charge on any atom is 0.318 e. The first-order chi connectivity index (χ1) is 8.32. The molecule has 1 aromatic carbocycles. The smallest absolute Gasteiger partial charge is 0.318 e. The summed E-state index contributed by atoms with van der Waals surface area (Å²) in [4.78, 5) is 31.0. The minimum atomic E-state index is -1.85. The third-order valence-electron chi connectivity index (χ3n) is 2.26. The zero-order valence-corrected chi connectivity index (χ0v) is 8.87. The first kappa shape index (κ1) is 13.6. The second-order valence-electron chi connectivity index (χ2n) is 3.47. The average molecular weight is 257 g/mol. The van der Waals surface area contributed by atoms with E-state index in [1.54, 1.807) is 0 Å². The molecule has 0 saturated carbocycles. The Kier molecular flexibility index (Phi) is 3.93. The van der Waals surface area contributed by atoms with Crippen LogP contribution in [0.4, 0.5) is 10.1 Å². The Morgan fingerprint density at radius 1 is 1.33 bits per heavy atom. The van der Waals surface area contributed by atoms with Crippen molar-refractivity contribution in [3.8, 4) is 0 Å². The minimum Gasteiger partial charge on any atom is -0.481 e. The number of nitrogens with zero attached hydrogens (tertiary/aromatic N) is 1. The number of nitro groups is 1. The number of carbonyl (C=O) groups is 2. The van der Waals surface area contributed by atoms with E-state index in [0.29, 0.717) is 0 Å². The number of carboxylic acid groups (broad SMARTS) is 2. The summed E-state index contributed by atoms with van der Waals surface area (Å²) in [6, 6.07) is 2.54. The molecule has 0 amide bonds. The largest absolute Gasteiger partial charge is 0.481 e. The molecule has 0 atom stereocenters. The van der Waals surface area contributed by atoms with Crippen molar-refractivity contribution in [1.29, 1.82) is 0 Å². The Morgan fingerprint density at radius 2 is 1.89 bits per heavy atom. The highest BCUT2D eigenvalue weighted by atomic mass is 19.1. The monoisotopic (exact) mass is 257 g/mol. The van der Waals surface area contributed by atoms with Crippen molar-refractivity contribution < 1.29 is 29.1 Å². The van der Waals surface area contributed by atoms with E-state index >= 15 is 0 Å². The second kappa shape index (κ2) is 5.21. The van der Waals surface area contributed by atoms with E-state index in [4.69, 9.17) is 10.2 Å². The summed E-state index contributed by atoms with van der Waals surface area (Å²) in [5, 5.41) is 27.7. The van der Waals surface area contributed by atoms with Gasteiger partial charge in [-0.15, -0.1) is 0 Å². The van der Waals surface area contributed by atoms with E-state index in [9.17, 15) is 24.1 Å². The summed E-state index contributed by atoms with van der Waals surface area (Å²) in [5.74, 6) is -5.99. The Morgan fingerprint density at radius 3 is 2.33 bits per heavy atom. The molecule has 7 nitrogen and oxygen atoms in total. The van der Waals surface area contributed by atoms with Gasteiger partial charge in [-0.3, -0.25) is 19.7 Å². The Labute approximate surface area is 99.6 Å². The molecule has 0 aliphatic rings. The fraction of sp³-hybridized carbons (Fsp3) is 0.200. The molecule has 0 fully saturated rings. The fourth-order valence-corrected chi connectivity index (χ4v) is 1.33. The van der Waals surface area contributed by atoms with Crippen LogP contribution in [0.1, 0.15) is 5.56 Å². The van der Waals surface area contributed by atoms with Gasteiger partial charge < -0.3 is 10.2 Å². The Balaban J connectivity index is 3.09. The molecule has 96 valence electrons. The summed E-state index contributed by atoms with van der Waals surface area (Å²) in [6.07, 6.45) is -0.655. The number of benzene rings is 1. The number of hydrogen-bond donors (Lipinski definition) is 2. The van der Waals surface area contributed by atoms with Crippen molar-refractivity contribution in [3.05, 3.63) is 39.7 Å². The molecular formula is C10H8FNO6. The molecule has 0 saturated heterocycles. The first-order valence-electron chi connectivity index (χ1n) is 4.71. The quantitative estimate of drug-likeness (QED) is 0.462. The summed E-state index contributed by atoms with van der Waals surface area (Å²) in [7, 11) is 0. The molecule has 0 spiro atoms. The van der Waals surface area contributed by atoms with Crippen molar-refractivity contribution in [2.75, 3.05) is 0 Å². The molecular weight excluding hydrogens is 249 g/mol. The SMILES string of the molecule is O=C(O)C(Cc1cc([N+](=O)[O-])ccc1F)C(=O)O. The molecule has 1 rings (SSSR count). The minimum absolute atomic E-state index is 0.320. The molecule has 2 N–H and O–H groups in total. The van der Waals surface area contributed by atoms with Gasteiger partial charge in [-0.2, -0.15) is 0 Å². The molecule has 0 radical (unpaired) electrons. The van der Waals surface area contributed by atoms with Crippen LogP contribution in [-0.2, 0) is 16.0 Å². The number of aliphatic carboxylic acids is 2. The third kappa shape index (κ3) is 3.00. The van der Waals surface area contributed by atoms with E-state index < -0.39 is 40.7 Å². The molecule has 8 heteroatoms. The molecule has 0 aliphatic heterocycles. The summed E-state index contributed by atoms with van der Waals surface area (Å²) in [5.41, 5.74) is -0.750. The van der Waals surface area contributed by atoms with Crippen LogP contribution in [0.15, 0.2) is 18.2 Å². The zero-order chi connectivity index (χ0) is 13.9. The summed E-state index contributed by atoms with van der Waals surface area (Å²) in [6.45, 7) is 0. The van der Waals surface area contributed by atoms with Gasteiger partial charge in [-0.1, -0.05) is 0 Å². The topological polar surface area (TPSA) is 118 Å². The number of hydrogen-bond acceptors (Lipinski definition) is 4. The highest BCUT2D eigenvalue weighted by molar-refractivity contribution is 5.93. The van der Waals surface area contributed by atoms with Gasteiger partial charge >= 0.3 is 11.9 Å².